The van der Waals surface area contributed by atoms with Crippen molar-refractivity contribution in [3.05, 3.63) is 23.3 Å². The first-order chi connectivity index (χ1) is 9.86. The minimum absolute atomic E-state index is 0.345. The van der Waals surface area contributed by atoms with Crippen molar-refractivity contribution in [1.82, 2.24) is 0 Å². The van der Waals surface area contributed by atoms with Crippen LogP contribution in [0, 0.1) is 0 Å². The molecule has 0 aliphatic carbocycles. The maximum absolute atomic E-state index is 9.81. The third-order valence-electron chi connectivity index (χ3n) is 2.56. The first-order valence-electron chi connectivity index (χ1n) is 6.64. The van der Waals surface area contributed by atoms with Gasteiger partial charge in [0.25, 0.3) is 0 Å². The molecule has 0 radical (unpaired) electrons. The molecule has 0 aromatic rings. The van der Waals surface area contributed by atoms with Crippen LogP contribution in [0.4, 0.5) is 0 Å². The maximum atomic E-state index is 9.81. The van der Waals surface area contributed by atoms with E-state index < -0.39 is 16.8 Å². The van der Waals surface area contributed by atoms with Gasteiger partial charge >= 0.3 is 129 Å². The van der Waals surface area contributed by atoms with Crippen molar-refractivity contribution in [2.24, 2.45) is 0 Å². The van der Waals surface area contributed by atoms with Crippen molar-refractivity contribution >= 4 is 16.8 Å². The van der Waals surface area contributed by atoms with Crippen LogP contribution in [0.1, 0.15) is 33.6 Å². The molecule has 1 atom stereocenters. The van der Waals surface area contributed by atoms with Crippen LogP contribution in [0.15, 0.2) is 23.3 Å². The van der Waals surface area contributed by atoms with Gasteiger partial charge in [0.05, 0.1) is 0 Å². The summed E-state index contributed by atoms with van der Waals surface area (Å²) in [7, 11) is -1.28. The molecule has 0 spiro atoms. The van der Waals surface area contributed by atoms with Gasteiger partial charge in [-0.1, -0.05) is 0 Å². The van der Waals surface area contributed by atoms with Crippen molar-refractivity contribution in [3.8, 4) is 0 Å². The number of hydrogen-bond acceptors (Lipinski definition) is 6. The Hall–Kier alpha value is 0.100. The fraction of sp³-hybridized carbons (Fsp3) is 0.692. The molecule has 0 fully saturated rings. The summed E-state index contributed by atoms with van der Waals surface area (Å²) in [6.45, 7) is 6.56. The van der Waals surface area contributed by atoms with E-state index in [0.29, 0.717) is 6.61 Å². The van der Waals surface area contributed by atoms with E-state index in [9.17, 15) is 4.89 Å². The van der Waals surface area contributed by atoms with Crippen LogP contribution in [0.25, 0.3) is 0 Å². The molecule has 0 aromatic carbocycles. The van der Waals surface area contributed by atoms with Gasteiger partial charge in [-0.3, -0.25) is 0 Å². The van der Waals surface area contributed by atoms with Crippen molar-refractivity contribution in [2.45, 2.75) is 33.6 Å². The molecule has 0 aliphatic heterocycles. The summed E-state index contributed by atoms with van der Waals surface area (Å²) in [5.41, 5.74) is 2.54. The standard InChI is InChI=1S/C13H28O6P2/c1-12(2)8-7-9-13(3)10-11-18-20(15-4)19-21(14,16-5)17-6/h8,10,14,21H,7,9,11H2,1-6H3/b13-10+. The summed E-state index contributed by atoms with van der Waals surface area (Å²) >= 11 is 0. The Bertz CT molecular complexity index is 338. The van der Waals surface area contributed by atoms with Crippen LogP contribution < -0.4 is 0 Å². The summed E-state index contributed by atoms with van der Waals surface area (Å²) in [5.74, 6) is 0. The zero-order valence-electron chi connectivity index (χ0n) is 13.7. The zero-order chi connectivity index (χ0) is 16.3. The second-order valence-corrected chi connectivity index (χ2v) is 8.26. The third-order valence-corrected chi connectivity index (χ3v) is 5.77. The monoisotopic (exact) mass is 342 g/mol. The molecule has 1 unspecified atom stereocenters. The van der Waals surface area contributed by atoms with Crippen molar-refractivity contribution in [2.75, 3.05) is 27.9 Å². The Balaban J connectivity index is 4.19. The van der Waals surface area contributed by atoms with E-state index in [-0.39, 0.29) is 0 Å². The van der Waals surface area contributed by atoms with Gasteiger partial charge in [0.15, 0.2) is 0 Å². The second-order valence-electron chi connectivity index (χ2n) is 4.60. The second kappa shape index (κ2) is 11.6. The van der Waals surface area contributed by atoms with Crippen LogP contribution in [0.3, 0.4) is 0 Å². The molecule has 0 aromatic heterocycles. The number of allylic oxidation sites excluding steroid dienone is 3. The van der Waals surface area contributed by atoms with Gasteiger partial charge in [-0.05, 0) is 0 Å². The van der Waals surface area contributed by atoms with Gasteiger partial charge in [0.2, 0.25) is 0 Å². The molecule has 8 heteroatoms. The predicted octanol–water partition coefficient (Wildman–Crippen LogP) is 4.28. The SMILES string of the molecule is COP(OC/C=C(\C)CCC=C(C)C)O[PH](O)(OC)OC. The Morgan fingerprint density at radius 2 is 1.71 bits per heavy atom. The van der Waals surface area contributed by atoms with E-state index in [2.05, 4.69) is 19.9 Å². The molecule has 0 saturated heterocycles. The molecule has 0 rings (SSSR count). The Morgan fingerprint density at radius 1 is 1.10 bits per heavy atom. The van der Waals surface area contributed by atoms with E-state index in [4.69, 9.17) is 22.4 Å². The normalized spacial score (nSPS) is 14.9. The predicted molar refractivity (Wildman–Crippen MR) is 87.9 cm³/mol. The van der Waals surface area contributed by atoms with Crippen molar-refractivity contribution in [1.29, 1.82) is 0 Å². The fourth-order valence-corrected chi connectivity index (χ4v) is 3.63. The molecule has 0 bridgehead atoms. The topological polar surface area (TPSA) is 66.4 Å². The quantitative estimate of drug-likeness (QED) is 0.446. The first kappa shape index (κ1) is 21.1. The van der Waals surface area contributed by atoms with E-state index in [1.165, 1.54) is 32.5 Å². The van der Waals surface area contributed by atoms with E-state index in [1.807, 2.05) is 13.0 Å². The van der Waals surface area contributed by atoms with Gasteiger partial charge < -0.3 is 0 Å². The molecular formula is C13H28O6P2. The molecule has 0 heterocycles. The molecule has 0 amide bonds. The fourth-order valence-electron chi connectivity index (χ4n) is 1.30. The van der Waals surface area contributed by atoms with Gasteiger partial charge in [-0.25, -0.2) is 0 Å². The van der Waals surface area contributed by atoms with Gasteiger partial charge in [0.1, 0.15) is 0 Å². The van der Waals surface area contributed by atoms with Crippen LogP contribution in [-0.2, 0) is 22.4 Å². The van der Waals surface area contributed by atoms with Crippen LogP contribution >= 0.6 is 16.8 Å². The molecule has 126 valence electrons. The zero-order valence-corrected chi connectivity index (χ0v) is 15.6. The summed E-state index contributed by atoms with van der Waals surface area (Å²) in [6.07, 6.45) is 6.17. The van der Waals surface area contributed by atoms with E-state index in [0.717, 1.165) is 12.8 Å². The van der Waals surface area contributed by atoms with Crippen LogP contribution in [-0.4, -0.2) is 32.8 Å². The number of rotatable bonds is 11. The third kappa shape index (κ3) is 10.5. The summed E-state index contributed by atoms with van der Waals surface area (Å²) in [4.78, 5) is 9.81. The van der Waals surface area contributed by atoms with Gasteiger partial charge in [-0.2, -0.15) is 0 Å². The molecule has 21 heavy (non-hydrogen) atoms. The molecular weight excluding hydrogens is 314 g/mol. The van der Waals surface area contributed by atoms with E-state index >= 15 is 0 Å². The van der Waals surface area contributed by atoms with Crippen molar-refractivity contribution in [3.63, 3.8) is 0 Å². The molecule has 0 saturated carbocycles. The van der Waals surface area contributed by atoms with Gasteiger partial charge in [0, 0.05) is 0 Å². The Kier molecular flexibility index (Phi) is 11.7. The summed E-state index contributed by atoms with van der Waals surface area (Å²) in [6, 6.07) is 0. The number of hydrogen-bond donors (Lipinski definition) is 1. The molecule has 1 N–H and O–H groups in total. The van der Waals surface area contributed by atoms with Crippen LogP contribution in [0.2, 0.25) is 0 Å². The first-order valence-corrected chi connectivity index (χ1v) is 9.41. The molecule has 6 nitrogen and oxygen atoms in total. The average molecular weight is 342 g/mol. The Morgan fingerprint density at radius 3 is 2.19 bits per heavy atom. The summed E-state index contributed by atoms with van der Waals surface area (Å²) < 4.78 is 25.3. The summed E-state index contributed by atoms with van der Waals surface area (Å²) in [5, 5.41) is 0. The minimum atomic E-state index is -3.64. The van der Waals surface area contributed by atoms with Gasteiger partial charge in [-0.15, -0.1) is 0 Å². The van der Waals surface area contributed by atoms with Crippen molar-refractivity contribution < 1.29 is 27.3 Å². The van der Waals surface area contributed by atoms with Crippen LogP contribution in [0.5, 0.6) is 0 Å². The Labute approximate surface area is 129 Å². The average Bonchev–Trinajstić information content (AvgIpc) is 2.45. The van der Waals surface area contributed by atoms with E-state index in [1.54, 1.807) is 0 Å². The molecule has 0 aliphatic rings.